The lowest BCUT2D eigenvalue weighted by Crippen LogP contribution is -2.38. The maximum atomic E-state index is 12.1. The van der Waals surface area contributed by atoms with Crippen molar-refractivity contribution in [3.8, 4) is 0 Å². The third kappa shape index (κ3) is 3.34. The number of hydrogen-bond donors (Lipinski definition) is 0. The zero-order valence-corrected chi connectivity index (χ0v) is 12.5. The van der Waals surface area contributed by atoms with Gasteiger partial charge in [0.2, 0.25) is 0 Å². The second-order valence-electron chi connectivity index (χ2n) is 7.58. The van der Waals surface area contributed by atoms with Gasteiger partial charge in [-0.1, -0.05) is 27.7 Å². The molecule has 1 aliphatic heterocycles. The van der Waals surface area contributed by atoms with Crippen molar-refractivity contribution in [3.05, 3.63) is 0 Å². The van der Waals surface area contributed by atoms with Crippen LogP contribution in [0.5, 0.6) is 0 Å². The summed E-state index contributed by atoms with van der Waals surface area (Å²) in [6.45, 7) is 12.7. The van der Waals surface area contributed by atoms with Gasteiger partial charge in [-0.05, 0) is 43.1 Å². The van der Waals surface area contributed by atoms with E-state index in [9.17, 15) is 4.79 Å². The van der Waals surface area contributed by atoms with E-state index in [-0.39, 0.29) is 0 Å². The van der Waals surface area contributed by atoms with Gasteiger partial charge in [0, 0.05) is 25.4 Å². The van der Waals surface area contributed by atoms with Crippen LogP contribution in [0.3, 0.4) is 0 Å². The van der Waals surface area contributed by atoms with E-state index in [1.807, 2.05) is 0 Å². The van der Waals surface area contributed by atoms with Crippen LogP contribution in [0, 0.1) is 23.2 Å². The summed E-state index contributed by atoms with van der Waals surface area (Å²) >= 11 is 0. The molecule has 2 aliphatic rings. The van der Waals surface area contributed by atoms with Gasteiger partial charge in [-0.15, -0.1) is 0 Å². The largest absolute Gasteiger partial charge is 0.302 e. The van der Waals surface area contributed by atoms with E-state index in [0.29, 0.717) is 17.1 Å². The minimum absolute atomic E-state index is 0.305. The third-order valence-electron chi connectivity index (χ3n) is 5.03. The Morgan fingerprint density at radius 1 is 1.39 bits per heavy atom. The second-order valence-corrected chi connectivity index (χ2v) is 7.58. The molecule has 2 unspecified atom stereocenters. The van der Waals surface area contributed by atoms with Crippen molar-refractivity contribution < 1.29 is 4.79 Å². The summed E-state index contributed by atoms with van der Waals surface area (Å²) in [5.41, 5.74) is 0.371. The van der Waals surface area contributed by atoms with E-state index in [4.69, 9.17) is 0 Å². The molecule has 0 spiro atoms. The van der Waals surface area contributed by atoms with Crippen molar-refractivity contribution in [1.29, 1.82) is 0 Å². The molecule has 2 nitrogen and oxygen atoms in total. The summed E-state index contributed by atoms with van der Waals surface area (Å²) < 4.78 is 0. The van der Waals surface area contributed by atoms with Gasteiger partial charge in [0.1, 0.15) is 5.78 Å². The highest BCUT2D eigenvalue weighted by Crippen LogP contribution is 2.37. The Morgan fingerprint density at radius 3 is 2.72 bits per heavy atom. The molecule has 0 aromatic rings. The SMILES string of the molecule is CC(C)C1CCN(CC2CC(C)(C)CCC2=O)C1. The van der Waals surface area contributed by atoms with Crippen LogP contribution in [0.1, 0.15) is 53.4 Å². The molecule has 104 valence electrons. The molecule has 0 bridgehead atoms. The van der Waals surface area contributed by atoms with E-state index in [1.165, 1.54) is 19.5 Å². The van der Waals surface area contributed by atoms with Gasteiger partial charge in [-0.25, -0.2) is 0 Å². The van der Waals surface area contributed by atoms with E-state index in [2.05, 4.69) is 32.6 Å². The molecular weight excluding hydrogens is 222 g/mol. The average molecular weight is 251 g/mol. The second kappa shape index (κ2) is 5.32. The number of rotatable bonds is 3. The molecule has 2 rings (SSSR count). The summed E-state index contributed by atoms with van der Waals surface area (Å²) in [4.78, 5) is 14.6. The van der Waals surface area contributed by atoms with Crippen LogP contribution in [-0.4, -0.2) is 30.3 Å². The highest BCUT2D eigenvalue weighted by Gasteiger charge is 2.36. The van der Waals surface area contributed by atoms with E-state index in [0.717, 1.165) is 37.6 Å². The number of ketones is 1. The first-order chi connectivity index (χ1) is 8.37. The summed E-state index contributed by atoms with van der Waals surface area (Å²) in [6.07, 6.45) is 4.30. The first-order valence-electron chi connectivity index (χ1n) is 7.62. The molecule has 0 N–H and O–H groups in total. The summed E-state index contributed by atoms with van der Waals surface area (Å²) in [5.74, 6) is 2.45. The summed E-state index contributed by atoms with van der Waals surface area (Å²) in [7, 11) is 0. The molecular formula is C16H29NO. The molecule has 0 aromatic carbocycles. The molecule has 2 fully saturated rings. The molecule has 1 saturated carbocycles. The molecule has 1 saturated heterocycles. The van der Waals surface area contributed by atoms with Crippen LogP contribution >= 0.6 is 0 Å². The van der Waals surface area contributed by atoms with Crippen molar-refractivity contribution >= 4 is 5.78 Å². The Labute approximate surface area is 112 Å². The lowest BCUT2D eigenvalue weighted by atomic mass is 9.71. The Hall–Kier alpha value is -0.370. The molecule has 0 amide bonds. The van der Waals surface area contributed by atoms with Crippen LogP contribution in [0.4, 0.5) is 0 Å². The minimum Gasteiger partial charge on any atom is -0.302 e. The van der Waals surface area contributed by atoms with Crippen molar-refractivity contribution in [2.24, 2.45) is 23.2 Å². The molecule has 18 heavy (non-hydrogen) atoms. The topological polar surface area (TPSA) is 20.3 Å². The minimum atomic E-state index is 0.305. The van der Waals surface area contributed by atoms with Crippen molar-refractivity contribution in [1.82, 2.24) is 4.90 Å². The van der Waals surface area contributed by atoms with Crippen LogP contribution in [0.25, 0.3) is 0 Å². The fraction of sp³-hybridized carbons (Fsp3) is 0.938. The lowest BCUT2D eigenvalue weighted by Gasteiger charge is -2.36. The Morgan fingerprint density at radius 2 is 2.11 bits per heavy atom. The number of hydrogen-bond acceptors (Lipinski definition) is 2. The van der Waals surface area contributed by atoms with Crippen molar-refractivity contribution in [3.63, 3.8) is 0 Å². The molecule has 2 atom stereocenters. The average Bonchev–Trinajstić information content (AvgIpc) is 2.72. The number of Topliss-reactive ketones (excluding diaryl/α,β-unsaturated/α-hetero) is 1. The molecule has 0 aromatic heterocycles. The van der Waals surface area contributed by atoms with Crippen LogP contribution in [0.15, 0.2) is 0 Å². The predicted molar refractivity (Wildman–Crippen MR) is 75.5 cm³/mol. The normalized spacial score (nSPS) is 33.3. The number of carbonyl (C=O) groups excluding carboxylic acids is 1. The van der Waals surface area contributed by atoms with Crippen LogP contribution < -0.4 is 0 Å². The predicted octanol–water partition coefficient (Wildman–Crippen LogP) is 3.36. The highest BCUT2D eigenvalue weighted by molar-refractivity contribution is 5.82. The van der Waals surface area contributed by atoms with E-state index >= 15 is 0 Å². The van der Waals surface area contributed by atoms with Gasteiger partial charge >= 0.3 is 0 Å². The smallest absolute Gasteiger partial charge is 0.137 e. The van der Waals surface area contributed by atoms with Gasteiger partial charge in [0.25, 0.3) is 0 Å². The summed E-state index contributed by atoms with van der Waals surface area (Å²) in [6, 6.07) is 0. The number of likely N-dealkylation sites (tertiary alicyclic amines) is 1. The van der Waals surface area contributed by atoms with Crippen molar-refractivity contribution in [2.45, 2.75) is 53.4 Å². The number of carbonyl (C=O) groups is 1. The van der Waals surface area contributed by atoms with Crippen LogP contribution in [-0.2, 0) is 4.79 Å². The third-order valence-corrected chi connectivity index (χ3v) is 5.03. The first kappa shape index (κ1) is 14.0. The van der Waals surface area contributed by atoms with Gasteiger partial charge in [-0.2, -0.15) is 0 Å². The Balaban J connectivity index is 1.87. The van der Waals surface area contributed by atoms with Crippen LogP contribution in [0.2, 0.25) is 0 Å². The number of nitrogens with zero attached hydrogens (tertiary/aromatic N) is 1. The molecule has 0 radical (unpaired) electrons. The maximum Gasteiger partial charge on any atom is 0.137 e. The van der Waals surface area contributed by atoms with Gasteiger partial charge in [0.05, 0.1) is 0 Å². The first-order valence-corrected chi connectivity index (χ1v) is 7.62. The summed E-state index contributed by atoms with van der Waals surface area (Å²) in [5, 5.41) is 0. The Bertz CT molecular complexity index is 308. The standard InChI is InChI=1S/C16H29NO/c1-12(2)13-6-8-17(10-13)11-14-9-16(3,4)7-5-15(14)18/h12-14H,5-11H2,1-4H3. The Kier molecular flexibility index (Phi) is 4.15. The zero-order valence-electron chi connectivity index (χ0n) is 12.5. The highest BCUT2D eigenvalue weighted by atomic mass is 16.1. The van der Waals surface area contributed by atoms with Gasteiger partial charge in [0.15, 0.2) is 0 Å². The maximum absolute atomic E-state index is 12.1. The van der Waals surface area contributed by atoms with E-state index < -0.39 is 0 Å². The quantitative estimate of drug-likeness (QED) is 0.766. The fourth-order valence-corrected chi connectivity index (χ4v) is 3.60. The molecule has 1 aliphatic carbocycles. The molecule has 2 heteroatoms. The lowest BCUT2D eigenvalue weighted by molar-refractivity contribution is -0.127. The van der Waals surface area contributed by atoms with E-state index in [1.54, 1.807) is 0 Å². The fourth-order valence-electron chi connectivity index (χ4n) is 3.60. The van der Waals surface area contributed by atoms with Gasteiger partial charge < -0.3 is 4.90 Å². The zero-order chi connectivity index (χ0) is 13.3. The van der Waals surface area contributed by atoms with Gasteiger partial charge in [-0.3, -0.25) is 4.79 Å². The monoisotopic (exact) mass is 251 g/mol. The van der Waals surface area contributed by atoms with Crippen molar-refractivity contribution in [2.75, 3.05) is 19.6 Å². The molecule has 1 heterocycles.